The Labute approximate surface area is 95.5 Å². The molecular formula is C11H10F3N3. The SMILES string of the molecule is Cc1cc(-c2cn[nH]c2N)cc(F)c1C(F)F. The number of aromatic nitrogens is 2. The summed E-state index contributed by atoms with van der Waals surface area (Å²) in [5.41, 5.74) is 6.12. The van der Waals surface area contributed by atoms with Gasteiger partial charge in [-0.15, -0.1) is 0 Å². The highest BCUT2D eigenvalue weighted by Crippen LogP contribution is 2.31. The lowest BCUT2D eigenvalue weighted by molar-refractivity contribution is 0.145. The van der Waals surface area contributed by atoms with Crippen LogP contribution >= 0.6 is 0 Å². The molecule has 0 aliphatic heterocycles. The summed E-state index contributed by atoms with van der Waals surface area (Å²) in [7, 11) is 0. The Morgan fingerprint density at radius 2 is 2.06 bits per heavy atom. The Bertz CT molecular complexity index is 526. The van der Waals surface area contributed by atoms with Gasteiger partial charge in [-0.05, 0) is 24.1 Å². The van der Waals surface area contributed by atoms with Gasteiger partial charge in [0.1, 0.15) is 11.6 Å². The number of alkyl halides is 2. The van der Waals surface area contributed by atoms with Gasteiger partial charge in [-0.1, -0.05) is 6.07 Å². The van der Waals surface area contributed by atoms with Gasteiger partial charge in [0.25, 0.3) is 6.43 Å². The maximum atomic E-state index is 13.5. The van der Waals surface area contributed by atoms with Gasteiger partial charge >= 0.3 is 0 Å². The van der Waals surface area contributed by atoms with E-state index in [-0.39, 0.29) is 11.4 Å². The number of rotatable bonds is 2. The van der Waals surface area contributed by atoms with Gasteiger partial charge in [-0.3, -0.25) is 5.10 Å². The molecule has 6 heteroatoms. The van der Waals surface area contributed by atoms with Crippen LogP contribution in [0.1, 0.15) is 17.6 Å². The smallest absolute Gasteiger partial charge is 0.266 e. The van der Waals surface area contributed by atoms with Crippen LogP contribution in [0, 0.1) is 12.7 Å². The molecule has 3 nitrogen and oxygen atoms in total. The summed E-state index contributed by atoms with van der Waals surface area (Å²) in [6.07, 6.45) is -1.41. The minimum Gasteiger partial charge on any atom is -0.384 e. The van der Waals surface area contributed by atoms with Crippen molar-refractivity contribution in [3.05, 3.63) is 35.3 Å². The van der Waals surface area contributed by atoms with E-state index in [4.69, 9.17) is 5.73 Å². The average molecular weight is 241 g/mol. The molecule has 3 N–H and O–H groups in total. The fraction of sp³-hybridized carbons (Fsp3) is 0.182. The number of benzene rings is 1. The second-order valence-corrected chi connectivity index (χ2v) is 3.69. The summed E-state index contributed by atoms with van der Waals surface area (Å²) in [5.74, 6) is -0.663. The van der Waals surface area contributed by atoms with Crippen molar-refractivity contribution in [2.75, 3.05) is 5.73 Å². The maximum Gasteiger partial charge on any atom is 0.266 e. The van der Waals surface area contributed by atoms with Gasteiger partial charge in [0.05, 0.1) is 11.8 Å². The number of H-pyrrole nitrogens is 1. The van der Waals surface area contributed by atoms with E-state index >= 15 is 0 Å². The van der Waals surface area contributed by atoms with Gasteiger partial charge in [0.2, 0.25) is 0 Å². The molecule has 17 heavy (non-hydrogen) atoms. The van der Waals surface area contributed by atoms with Gasteiger partial charge < -0.3 is 5.73 Å². The predicted molar refractivity (Wildman–Crippen MR) is 58.1 cm³/mol. The molecule has 1 heterocycles. The van der Waals surface area contributed by atoms with E-state index in [1.54, 1.807) is 0 Å². The van der Waals surface area contributed by atoms with Crippen LogP contribution in [0.4, 0.5) is 19.0 Å². The van der Waals surface area contributed by atoms with Crippen LogP contribution in [0.2, 0.25) is 0 Å². The first-order valence-electron chi connectivity index (χ1n) is 4.88. The topological polar surface area (TPSA) is 54.7 Å². The van der Waals surface area contributed by atoms with Crippen LogP contribution < -0.4 is 5.73 Å². The Kier molecular flexibility index (Phi) is 2.79. The lowest BCUT2D eigenvalue weighted by Gasteiger charge is -2.09. The largest absolute Gasteiger partial charge is 0.384 e. The highest BCUT2D eigenvalue weighted by atomic mass is 19.3. The monoisotopic (exact) mass is 241 g/mol. The molecule has 90 valence electrons. The van der Waals surface area contributed by atoms with Crippen molar-refractivity contribution in [3.8, 4) is 11.1 Å². The van der Waals surface area contributed by atoms with Gasteiger partial charge in [-0.2, -0.15) is 5.10 Å². The second kappa shape index (κ2) is 4.12. The summed E-state index contributed by atoms with van der Waals surface area (Å²) in [4.78, 5) is 0. The van der Waals surface area contributed by atoms with Gasteiger partial charge in [-0.25, -0.2) is 13.2 Å². The van der Waals surface area contributed by atoms with Crippen LogP contribution in [0.3, 0.4) is 0 Å². The van der Waals surface area contributed by atoms with Crippen LogP contribution in [0.25, 0.3) is 11.1 Å². The Hall–Kier alpha value is -1.98. The predicted octanol–water partition coefficient (Wildman–Crippen LogP) is 3.04. The summed E-state index contributed by atoms with van der Waals surface area (Å²) < 4.78 is 38.7. The van der Waals surface area contributed by atoms with Crippen LogP contribution in [0.5, 0.6) is 0 Å². The minimum absolute atomic E-state index is 0.190. The number of nitrogens with zero attached hydrogens (tertiary/aromatic N) is 1. The van der Waals surface area contributed by atoms with Crippen molar-refractivity contribution in [2.45, 2.75) is 13.3 Å². The quantitative estimate of drug-likeness (QED) is 0.849. The van der Waals surface area contributed by atoms with E-state index in [0.717, 1.165) is 6.07 Å². The van der Waals surface area contributed by atoms with Crippen molar-refractivity contribution in [2.24, 2.45) is 0 Å². The first-order valence-corrected chi connectivity index (χ1v) is 4.88. The molecule has 0 amide bonds. The summed E-state index contributed by atoms with van der Waals surface area (Å²) in [6, 6.07) is 2.50. The molecule has 0 atom stereocenters. The second-order valence-electron chi connectivity index (χ2n) is 3.69. The first kappa shape index (κ1) is 11.5. The number of hydrogen-bond acceptors (Lipinski definition) is 2. The fourth-order valence-corrected chi connectivity index (χ4v) is 1.71. The molecule has 0 aliphatic rings. The first-order chi connectivity index (χ1) is 8.00. The van der Waals surface area contributed by atoms with Crippen LogP contribution in [0.15, 0.2) is 18.3 Å². The molecule has 0 unspecified atom stereocenters. The fourth-order valence-electron chi connectivity index (χ4n) is 1.71. The normalized spacial score (nSPS) is 11.1. The number of nitrogens with one attached hydrogen (secondary N) is 1. The van der Waals surface area contributed by atoms with E-state index in [0.29, 0.717) is 11.1 Å². The average Bonchev–Trinajstić information content (AvgIpc) is 2.62. The third-order valence-electron chi connectivity index (χ3n) is 2.53. The van der Waals surface area contributed by atoms with Gasteiger partial charge in [0, 0.05) is 5.56 Å². The zero-order valence-corrected chi connectivity index (χ0v) is 8.97. The molecule has 0 spiro atoms. The Morgan fingerprint density at radius 3 is 2.53 bits per heavy atom. The molecule has 0 fully saturated rings. The number of nitrogens with two attached hydrogens (primary N) is 1. The third kappa shape index (κ3) is 1.98. The van der Waals surface area contributed by atoms with Crippen LogP contribution in [-0.4, -0.2) is 10.2 Å². The summed E-state index contributed by atoms with van der Waals surface area (Å²) in [6.45, 7) is 1.43. The number of hydrogen-bond donors (Lipinski definition) is 2. The molecule has 2 rings (SSSR count). The van der Waals surface area contributed by atoms with Crippen molar-refractivity contribution in [3.63, 3.8) is 0 Å². The molecule has 1 aromatic heterocycles. The number of halogens is 3. The molecule has 0 aliphatic carbocycles. The highest BCUT2D eigenvalue weighted by molar-refractivity contribution is 5.73. The lowest BCUT2D eigenvalue weighted by Crippen LogP contribution is -1.97. The Morgan fingerprint density at radius 1 is 1.35 bits per heavy atom. The van der Waals surface area contributed by atoms with E-state index in [2.05, 4.69) is 10.2 Å². The van der Waals surface area contributed by atoms with Crippen molar-refractivity contribution >= 4 is 5.82 Å². The number of anilines is 1. The van der Waals surface area contributed by atoms with Crippen molar-refractivity contribution < 1.29 is 13.2 Å². The molecular weight excluding hydrogens is 231 g/mol. The standard InChI is InChI=1S/C11H10F3N3/c1-5-2-6(7-4-16-17-11(7)15)3-8(12)9(5)10(13)14/h2-4,10H,1H3,(H3,15,16,17). The number of nitrogen functional groups attached to an aromatic ring is 1. The van der Waals surface area contributed by atoms with E-state index < -0.39 is 17.8 Å². The zero-order chi connectivity index (χ0) is 12.6. The van der Waals surface area contributed by atoms with Crippen molar-refractivity contribution in [1.29, 1.82) is 0 Å². The molecule has 0 bridgehead atoms. The van der Waals surface area contributed by atoms with E-state index in [1.165, 1.54) is 19.2 Å². The van der Waals surface area contributed by atoms with E-state index in [1.807, 2.05) is 0 Å². The Balaban J connectivity index is 2.57. The number of aromatic amines is 1. The number of aryl methyl sites for hydroxylation is 1. The molecule has 0 saturated heterocycles. The van der Waals surface area contributed by atoms with E-state index in [9.17, 15) is 13.2 Å². The van der Waals surface area contributed by atoms with Gasteiger partial charge in [0.15, 0.2) is 0 Å². The molecule has 2 aromatic rings. The lowest BCUT2D eigenvalue weighted by atomic mass is 10.0. The van der Waals surface area contributed by atoms with Crippen LogP contribution in [-0.2, 0) is 0 Å². The minimum atomic E-state index is -2.83. The molecule has 1 aromatic carbocycles. The molecule has 0 saturated carbocycles. The zero-order valence-electron chi connectivity index (χ0n) is 8.97. The third-order valence-corrected chi connectivity index (χ3v) is 2.53. The summed E-state index contributed by atoms with van der Waals surface area (Å²) >= 11 is 0. The molecule has 0 radical (unpaired) electrons. The van der Waals surface area contributed by atoms with Crippen molar-refractivity contribution in [1.82, 2.24) is 10.2 Å². The maximum absolute atomic E-state index is 13.5. The highest BCUT2D eigenvalue weighted by Gasteiger charge is 2.18. The summed E-state index contributed by atoms with van der Waals surface area (Å²) in [5, 5.41) is 6.19.